The van der Waals surface area contributed by atoms with Crippen LogP contribution in [-0.2, 0) is 6.54 Å². The van der Waals surface area contributed by atoms with Gasteiger partial charge in [-0.25, -0.2) is 0 Å². The molecule has 0 spiro atoms. The number of nitrogens with zero attached hydrogens (tertiary/aromatic N) is 2. The maximum Gasteiger partial charge on any atom is 0.119 e. The first kappa shape index (κ1) is 13.4. The molecule has 1 fully saturated rings. The minimum atomic E-state index is 0.951. The van der Waals surface area contributed by atoms with Crippen LogP contribution >= 0.6 is 0 Å². The van der Waals surface area contributed by atoms with Crippen LogP contribution in [0.15, 0.2) is 24.3 Å². The smallest absolute Gasteiger partial charge is 0.119 e. The van der Waals surface area contributed by atoms with Gasteiger partial charge in [0.15, 0.2) is 0 Å². The van der Waals surface area contributed by atoms with Gasteiger partial charge < -0.3 is 9.64 Å². The summed E-state index contributed by atoms with van der Waals surface area (Å²) in [6.07, 6.45) is 2.23. The zero-order valence-corrected chi connectivity index (χ0v) is 11.4. The molecule has 1 saturated heterocycles. The third-order valence-corrected chi connectivity index (χ3v) is 3.45. The van der Waals surface area contributed by atoms with Crippen molar-refractivity contribution in [1.29, 1.82) is 0 Å². The Bertz CT molecular complexity index is 359. The summed E-state index contributed by atoms with van der Waals surface area (Å²) in [6.45, 7) is 8.94. The Morgan fingerprint density at radius 1 is 1.17 bits per heavy atom. The molecule has 0 amide bonds. The Morgan fingerprint density at radius 3 is 2.56 bits per heavy atom. The minimum Gasteiger partial charge on any atom is -0.497 e. The molecule has 1 aromatic rings. The van der Waals surface area contributed by atoms with Gasteiger partial charge in [-0.3, -0.25) is 4.90 Å². The normalized spacial score (nSPS) is 17.9. The van der Waals surface area contributed by atoms with E-state index in [1.165, 1.54) is 18.7 Å². The Morgan fingerprint density at radius 2 is 1.89 bits per heavy atom. The number of methoxy groups -OCH3 is 1. The third-order valence-electron chi connectivity index (χ3n) is 3.45. The topological polar surface area (TPSA) is 15.7 Å². The lowest BCUT2D eigenvalue weighted by atomic mass is 10.2. The number of piperazine rings is 1. The van der Waals surface area contributed by atoms with Crippen molar-refractivity contribution in [3.63, 3.8) is 0 Å². The molecule has 0 saturated carbocycles. The molecule has 0 unspecified atom stereocenters. The maximum atomic E-state index is 5.26. The van der Waals surface area contributed by atoms with E-state index in [4.69, 9.17) is 4.74 Å². The van der Waals surface area contributed by atoms with Gasteiger partial charge in [0, 0.05) is 39.3 Å². The summed E-state index contributed by atoms with van der Waals surface area (Å²) < 4.78 is 5.26. The molecule has 3 heteroatoms. The summed E-state index contributed by atoms with van der Waals surface area (Å²) in [7, 11) is 1.72. The van der Waals surface area contributed by atoms with Crippen molar-refractivity contribution in [1.82, 2.24) is 9.80 Å². The molecule has 0 bridgehead atoms. The number of rotatable bonds is 5. The molecule has 0 N–H and O–H groups in total. The molecule has 18 heavy (non-hydrogen) atoms. The molecule has 3 nitrogen and oxygen atoms in total. The summed E-state index contributed by atoms with van der Waals surface area (Å²) in [5, 5.41) is 0. The Hall–Kier alpha value is -1.06. The lowest BCUT2D eigenvalue weighted by Crippen LogP contribution is -2.46. The summed E-state index contributed by atoms with van der Waals surface area (Å²) in [6, 6.07) is 8.37. The highest BCUT2D eigenvalue weighted by atomic mass is 16.5. The molecule has 1 aromatic carbocycles. The standard InChI is InChI=1S/C15H23N2O/c1-3-7-16-8-10-17(11-9-16)13-14-5-4-6-15(12-14)18-2/h3-6,12H,7-11,13H2,1-2H3. The fourth-order valence-electron chi connectivity index (χ4n) is 2.42. The zero-order chi connectivity index (χ0) is 12.8. The number of hydrogen-bond donors (Lipinski definition) is 0. The predicted octanol–water partition coefficient (Wildman–Crippen LogP) is 2.04. The molecule has 1 heterocycles. The molecule has 99 valence electrons. The van der Waals surface area contributed by atoms with Crippen molar-refractivity contribution in [3.05, 3.63) is 36.2 Å². The van der Waals surface area contributed by atoms with Crippen LogP contribution in [0.25, 0.3) is 0 Å². The largest absolute Gasteiger partial charge is 0.497 e. The predicted molar refractivity (Wildman–Crippen MR) is 74.7 cm³/mol. The second kappa shape index (κ2) is 6.76. The van der Waals surface area contributed by atoms with Crippen LogP contribution in [0.4, 0.5) is 0 Å². The van der Waals surface area contributed by atoms with Gasteiger partial charge in [0.1, 0.15) is 5.75 Å². The van der Waals surface area contributed by atoms with Gasteiger partial charge in [0.25, 0.3) is 0 Å². The van der Waals surface area contributed by atoms with E-state index in [0.29, 0.717) is 0 Å². The van der Waals surface area contributed by atoms with E-state index < -0.39 is 0 Å². The van der Waals surface area contributed by atoms with Crippen LogP contribution in [-0.4, -0.2) is 49.6 Å². The first-order chi connectivity index (χ1) is 8.81. The molecule has 1 radical (unpaired) electrons. The van der Waals surface area contributed by atoms with Crippen molar-refractivity contribution in [2.45, 2.75) is 13.5 Å². The third kappa shape index (κ3) is 3.72. The average molecular weight is 247 g/mol. The number of hydrogen-bond acceptors (Lipinski definition) is 3. The maximum absolute atomic E-state index is 5.26. The highest BCUT2D eigenvalue weighted by molar-refractivity contribution is 5.28. The second-order valence-electron chi connectivity index (χ2n) is 4.84. The van der Waals surface area contributed by atoms with Gasteiger partial charge in [-0.2, -0.15) is 0 Å². The summed E-state index contributed by atoms with van der Waals surface area (Å²) in [5.41, 5.74) is 1.34. The molecule has 0 aromatic heterocycles. The van der Waals surface area contributed by atoms with Crippen molar-refractivity contribution in [2.24, 2.45) is 0 Å². The fourth-order valence-corrected chi connectivity index (χ4v) is 2.42. The molecule has 1 aliphatic rings. The van der Waals surface area contributed by atoms with Gasteiger partial charge in [-0.1, -0.05) is 19.1 Å². The Labute approximate surface area is 110 Å². The second-order valence-corrected chi connectivity index (χ2v) is 4.84. The van der Waals surface area contributed by atoms with E-state index in [9.17, 15) is 0 Å². The summed E-state index contributed by atoms with van der Waals surface area (Å²) in [4.78, 5) is 5.02. The van der Waals surface area contributed by atoms with Crippen molar-refractivity contribution >= 4 is 0 Å². The quantitative estimate of drug-likeness (QED) is 0.792. The van der Waals surface area contributed by atoms with Crippen LogP contribution in [0.3, 0.4) is 0 Å². The van der Waals surface area contributed by atoms with Crippen LogP contribution < -0.4 is 4.74 Å². The van der Waals surface area contributed by atoms with E-state index in [0.717, 1.165) is 31.9 Å². The Balaban J connectivity index is 1.83. The average Bonchev–Trinajstić information content (AvgIpc) is 2.42. The highest BCUT2D eigenvalue weighted by Gasteiger charge is 2.16. The van der Waals surface area contributed by atoms with E-state index in [1.807, 2.05) is 6.07 Å². The minimum absolute atomic E-state index is 0.951. The van der Waals surface area contributed by atoms with E-state index in [-0.39, 0.29) is 0 Å². The highest BCUT2D eigenvalue weighted by Crippen LogP contribution is 2.15. The van der Waals surface area contributed by atoms with Crippen LogP contribution in [0.5, 0.6) is 5.75 Å². The number of benzene rings is 1. The van der Waals surface area contributed by atoms with Gasteiger partial charge in [0.05, 0.1) is 7.11 Å². The summed E-state index contributed by atoms with van der Waals surface area (Å²) in [5.74, 6) is 0.951. The van der Waals surface area contributed by atoms with Crippen molar-refractivity contribution in [2.75, 3.05) is 39.8 Å². The van der Waals surface area contributed by atoms with E-state index >= 15 is 0 Å². The van der Waals surface area contributed by atoms with Crippen LogP contribution in [0, 0.1) is 6.42 Å². The van der Waals surface area contributed by atoms with Gasteiger partial charge in [-0.15, -0.1) is 0 Å². The lowest BCUT2D eigenvalue weighted by Gasteiger charge is -2.34. The molecule has 0 aliphatic carbocycles. The molecule has 2 rings (SSSR count). The molecule has 0 atom stereocenters. The van der Waals surface area contributed by atoms with E-state index in [1.54, 1.807) is 7.11 Å². The first-order valence-electron chi connectivity index (χ1n) is 6.67. The van der Waals surface area contributed by atoms with Crippen molar-refractivity contribution < 1.29 is 4.74 Å². The fraction of sp³-hybridized carbons (Fsp3) is 0.533. The first-order valence-corrected chi connectivity index (χ1v) is 6.67. The number of ether oxygens (including phenoxy) is 1. The van der Waals surface area contributed by atoms with Gasteiger partial charge in [-0.05, 0) is 24.1 Å². The molecular weight excluding hydrogens is 224 g/mol. The van der Waals surface area contributed by atoms with E-state index in [2.05, 4.69) is 41.3 Å². The lowest BCUT2D eigenvalue weighted by molar-refractivity contribution is 0.134. The summed E-state index contributed by atoms with van der Waals surface area (Å²) >= 11 is 0. The molecule has 1 aliphatic heterocycles. The van der Waals surface area contributed by atoms with Gasteiger partial charge >= 0.3 is 0 Å². The zero-order valence-electron chi connectivity index (χ0n) is 11.4. The van der Waals surface area contributed by atoms with Crippen LogP contribution in [0.1, 0.15) is 12.5 Å². The SMILES string of the molecule is C[CH]CN1CCN(Cc2cccc(OC)c2)CC1. The van der Waals surface area contributed by atoms with Crippen LogP contribution in [0.2, 0.25) is 0 Å². The Kier molecular flexibility index (Phi) is 5.02. The van der Waals surface area contributed by atoms with Gasteiger partial charge in [0.2, 0.25) is 0 Å². The molecular formula is C15H23N2O. The monoisotopic (exact) mass is 247 g/mol. The van der Waals surface area contributed by atoms with Crippen molar-refractivity contribution in [3.8, 4) is 5.75 Å².